The molecule has 0 aliphatic carbocycles. The maximum atomic E-state index is 13.1. The second-order valence-corrected chi connectivity index (χ2v) is 5.12. The molecular weight excluding hydrogens is 321 g/mol. The van der Waals surface area contributed by atoms with Crippen LogP contribution in [0.3, 0.4) is 0 Å². The molecule has 0 aromatic heterocycles. The molecule has 0 saturated carbocycles. The third kappa shape index (κ3) is 3.62. The van der Waals surface area contributed by atoms with E-state index in [0.717, 1.165) is 12.1 Å². The topological polar surface area (TPSA) is 55.1 Å². The normalized spacial score (nSPS) is 10.5. The fraction of sp³-hybridized carbons (Fsp3) is 0.0714. The lowest BCUT2D eigenvalue weighted by atomic mass is 10.1. The molecule has 0 unspecified atom stereocenters. The number of nitrogens with one attached hydrogen (secondary N) is 1. The molecule has 2 rings (SSSR count). The van der Waals surface area contributed by atoms with Crippen molar-refractivity contribution in [1.29, 1.82) is 0 Å². The molecule has 0 fully saturated rings. The van der Waals surface area contributed by atoms with Gasteiger partial charge in [-0.1, -0.05) is 29.3 Å². The van der Waals surface area contributed by atoms with Gasteiger partial charge in [-0.3, -0.25) is 4.79 Å². The zero-order chi connectivity index (χ0) is 15.6. The Morgan fingerprint density at radius 2 is 1.81 bits per heavy atom. The third-order valence-electron chi connectivity index (χ3n) is 2.79. The first kappa shape index (κ1) is 15.5. The van der Waals surface area contributed by atoms with Crippen molar-refractivity contribution in [1.82, 2.24) is 5.32 Å². The number of hydrogen-bond acceptors (Lipinski definition) is 2. The summed E-state index contributed by atoms with van der Waals surface area (Å²) in [5, 5.41) is 3.39. The van der Waals surface area contributed by atoms with Crippen LogP contribution in [0.4, 0.5) is 14.5 Å². The molecule has 0 aliphatic heterocycles. The van der Waals surface area contributed by atoms with Gasteiger partial charge in [0.2, 0.25) is 0 Å². The molecule has 0 spiro atoms. The van der Waals surface area contributed by atoms with Gasteiger partial charge in [0.15, 0.2) is 11.6 Å². The molecule has 2 aromatic rings. The van der Waals surface area contributed by atoms with Gasteiger partial charge in [-0.2, -0.15) is 0 Å². The second kappa shape index (κ2) is 6.28. The lowest BCUT2D eigenvalue weighted by molar-refractivity contribution is 0.0951. The van der Waals surface area contributed by atoms with Crippen LogP contribution >= 0.6 is 23.2 Å². The van der Waals surface area contributed by atoms with Crippen molar-refractivity contribution in [3.05, 3.63) is 63.1 Å². The summed E-state index contributed by atoms with van der Waals surface area (Å²) in [6.07, 6.45) is 0. The highest BCUT2D eigenvalue weighted by atomic mass is 35.5. The largest absolute Gasteiger partial charge is 0.398 e. The number of amides is 1. The Morgan fingerprint density at radius 3 is 2.48 bits per heavy atom. The standard InChI is InChI=1S/C14H10Cl2F2N2O/c15-8-2-1-7(10(16)3-8)6-20-14(21)9-4-11(17)12(18)5-13(9)19/h1-5H,6,19H2,(H,20,21). The van der Waals surface area contributed by atoms with E-state index in [2.05, 4.69) is 5.32 Å². The zero-order valence-corrected chi connectivity index (χ0v) is 12.1. The quantitative estimate of drug-likeness (QED) is 0.841. The van der Waals surface area contributed by atoms with Crippen molar-refractivity contribution < 1.29 is 13.6 Å². The van der Waals surface area contributed by atoms with E-state index in [1.165, 1.54) is 6.07 Å². The van der Waals surface area contributed by atoms with E-state index in [1.54, 1.807) is 12.1 Å². The average Bonchev–Trinajstić information content (AvgIpc) is 2.41. The third-order valence-corrected chi connectivity index (χ3v) is 3.38. The first-order valence-corrected chi connectivity index (χ1v) is 6.60. The Balaban J connectivity index is 2.13. The molecule has 110 valence electrons. The maximum Gasteiger partial charge on any atom is 0.253 e. The van der Waals surface area contributed by atoms with Gasteiger partial charge in [0.05, 0.1) is 5.56 Å². The van der Waals surface area contributed by atoms with Crippen LogP contribution in [0.5, 0.6) is 0 Å². The van der Waals surface area contributed by atoms with Crippen molar-refractivity contribution in [2.24, 2.45) is 0 Å². The van der Waals surface area contributed by atoms with Gasteiger partial charge in [-0.05, 0) is 23.8 Å². The van der Waals surface area contributed by atoms with Gasteiger partial charge in [-0.25, -0.2) is 8.78 Å². The van der Waals surface area contributed by atoms with Gasteiger partial charge in [-0.15, -0.1) is 0 Å². The van der Waals surface area contributed by atoms with Crippen LogP contribution in [0.1, 0.15) is 15.9 Å². The highest BCUT2D eigenvalue weighted by Gasteiger charge is 2.14. The van der Waals surface area contributed by atoms with E-state index in [0.29, 0.717) is 15.6 Å². The average molecular weight is 331 g/mol. The summed E-state index contributed by atoms with van der Waals surface area (Å²) in [6, 6.07) is 6.33. The highest BCUT2D eigenvalue weighted by molar-refractivity contribution is 6.35. The predicted octanol–water partition coefficient (Wildman–Crippen LogP) is 3.78. The van der Waals surface area contributed by atoms with Gasteiger partial charge < -0.3 is 11.1 Å². The first-order valence-electron chi connectivity index (χ1n) is 5.85. The van der Waals surface area contributed by atoms with E-state index >= 15 is 0 Å². The van der Waals surface area contributed by atoms with Gasteiger partial charge in [0.1, 0.15) is 0 Å². The Labute approximate surface area is 129 Å². The molecule has 0 bridgehead atoms. The van der Waals surface area contributed by atoms with Crippen LogP contribution in [0.2, 0.25) is 10.0 Å². The SMILES string of the molecule is Nc1cc(F)c(F)cc1C(=O)NCc1ccc(Cl)cc1Cl. The lowest BCUT2D eigenvalue weighted by Crippen LogP contribution is -2.24. The minimum atomic E-state index is -1.14. The van der Waals surface area contributed by atoms with Gasteiger partial charge >= 0.3 is 0 Å². The summed E-state index contributed by atoms with van der Waals surface area (Å²) in [5.74, 6) is -2.87. The molecule has 3 nitrogen and oxygen atoms in total. The molecule has 3 N–H and O–H groups in total. The summed E-state index contributed by atoms with van der Waals surface area (Å²) < 4.78 is 26.1. The van der Waals surface area contributed by atoms with Crippen molar-refractivity contribution in [2.45, 2.75) is 6.54 Å². The Morgan fingerprint density at radius 1 is 1.14 bits per heavy atom. The summed E-state index contributed by atoms with van der Waals surface area (Å²) in [6.45, 7) is 0.104. The zero-order valence-electron chi connectivity index (χ0n) is 10.6. The predicted molar refractivity (Wildman–Crippen MR) is 78.4 cm³/mol. The number of carbonyl (C=O) groups is 1. The number of nitrogen functional groups attached to an aromatic ring is 1. The van der Waals surface area contributed by atoms with Crippen molar-refractivity contribution >= 4 is 34.8 Å². The first-order chi connectivity index (χ1) is 9.88. The lowest BCUT2D eigenvalue weighted by Gasteiger charge is -2.09. The molecular formula is C14H10Cl2F2N2O. The number of rotatable bonds is 3. The Hall–Kier alpha value is -1.85. The molecule has 0 heterocycles. The number of nitrogens with two attached hydrogens (primary N) is 1. The molecule has 1 amide bonds. The molecule has 0 radical (unpaired) electrons. The maximum absolute atomic E-state index is 13.1. The number of benzene rings is 2. The number of hydrogen-bond donors (Lipinski definition) is 2. The molecule has 2 aromatic carbocycles. The molecule has 0 aliphatic rings. The van der Waals surface area contributed by atoms with E-state index in [-0.39, 0.29) is 17.8 Å². The van der Waals surface area contributed by atoms with Gasteiger partial charge in [0.25, 0.3) is 5.91 Å². The van der Waals surface area contributed by atoms with Crippen molar-refractivity contribution in [3.63, 3.8) is 0 Å². The van der Waals surface area contributed by atoms with Crippen LogP contribution in [0.25, 0.3) is 0 Å². The van der Waals surface area contributed by atoms with Crippen LogP contribution < -0.4 is 11.1 Å². The molecule has 0 atom stereocenters. The van der Waals surface area contributed by atoms with E-state index < -0.39 is 17.5 Å². The van der Waals surface area contributed by atoms with Crippen LogP contribution in [-0.4, -0.2) is 5.91 Å². The molecule has 0 saturated heterocycles. The summed E-state index contributed by atoms with van der Waals surface area (Å²) in [4.78, 5) is 11.9. The van der Waals surface area contributed by atoms with E-state index in [9.17, 15) is 13.6 Å². The Kier molecular flexibility index (Phi) is 4.65. The summed E-state index contributed by atoms with van der Waals surface area (Å²) >= 11 is 11.7. The van der Waals surface area contributed by atoms with E-state index in [4.69, 9.17) is 28.9 Å². The molecule has 7 heteroatoms. The van der Waals surface area contributed by atoms with Crippen molar-refractivity contribution in [2.75, 3.05) is 5.73 Å². The number of carbonyl (C=O) groups excluding carboxylic acids is 1. The number of anilines is 1. The van der Waals surface area contributed by atoms with Crippen molar-refractivity contribution in [3.8, 4) is 0 Å². The smallest absolute Gasteiger partial charge is 0.253 e. The monoisotopic (exact) mass is 330 g/mol. The molecule has 21 heavy (non-hydrogen) atoms. The summed E-state index contributed by atoms with van der Waals surface area (Å²) in [5.41, 5.74) is 5.85. The minimum Gasteiger partial charge on any atom is -0.398 e. The second-order valence-electron chi connectivity index (χ2n) is 4.27. The van der Waals surface area contributed by atoms with Crippen LogP contribution in [0, 0.1) is 11.6 Å². The Bertz CT molecular complexity index is 708. The van der Waals surface area contributed by atoms with Gasteiger partial charge in [0, 0.05) is 28.3 Å². The van der Waals surface area contributed by atoms with Crippen LogP contribution in [0.15, 0.2) is 30.3 Å². The minimum absolute atomic E-state index is 0.104. The summed E-state index contributed by atoms with van der Waals surface area (Å²) in [7, 11) is 0. The number of halogens is 4. The highest BCUT2D eigenvalue weighted by Crippen LogP contribution is 2.21. The fourth-order valence-electron chi connectivity index (χ4n) is 1.69. The van der Waals surface area contributed by atoms with Crippen LogP contribution in [-0.2, 0) is 6.54 Å². The fourth-order valence-corrected chi connectivity index (χ4v) is 2.17. The van der Waals surface area contributed by atoms with E-state index in [1.807, 2.05) is 0 Å².